The van der Waals surface area contributed by atoms with Crippen LogP contribution in [0.25, 0.3) is 0 Å². The zero-order chi connectivity index (χ0) is 20.0. The number of nitrogens with zero attached hydrogens (tertiary/aromatic N) is 1. The first-order valence-corrected chi connectivity index (χ1v) is 10.0. The standard InChI is InChI=1S/C21H35N3O3/c1-5-7-11-24(6-2)12-10-23-18(25)14-15-8-9-17-16(13-15)19(22)20(26)21(3,4)27-17/h8-9,13,19-20,26H,5-7,10-12,14,22H2,1-4H3,(H,23,25). The van der Waals surface area contributed by atoms with E-state index in [9.17, 15) is 9.90 Å². The lowest BCUT2D eigenvalue weighted by Gasteiger charge is -2.40. The van der Waals surface area contributed by atoms with Gasteiger partial charge in [0, 0.05) is 18.7 Å². The number of aliphatic hydroxyl groups is 1. The van der Waals surface area contributed by atoms with Crippen molar-refractivity contribution < 1.29 is 14.6 Å². The summed E-state index contributed by atoms with van der Waals surface area (Å²) >= 11 is 0. The molecular formula is C21H35N3O3. The van der Waals surface area contributed by atoms with Gasteiger partial charge in [-0.15, -0.1) is 0 Å². The number of amides is 1. The quantitative estimate of drug-likeness (QED) is 0.613. The SMILES string of the molecule is CCCCN(CC)CCNC(=O)Cc1ccc2c(c1)C(N)C(O)C(C)(C)O2. The molecule has 1 amide bonds. The Labute approximate surface area is 163 Å². The van der Waals surface area contributed by atoms with E-state index in [0.717, 1.165) is 30.8 Å². The molecule has 1 heterocycles. The number of fused-ring (bicyclic) bond motifs is 1. The smallest absolute Gasteiger partial charge is 0.224 e. The molecule has 0 aromatic heterocycles. The van der Waals surface area contributed by atoms with Gasteiger partial charge in [-0.2, -0.15) is 0 Å². The Kier molecular flexibility index (Phi) is 7.65. The predicted molar refractivity (Wildman–Crippen MR) is 108 cm³/mol. The molecule has 2 atom stereocenters. The molecule has 1 aromatic carbocycles. The second kappa shape index (κ2) is 9.53. The molecule has 0 saturated heterocycles. The molecule has 0 bridgehead atoms. The monoisotopic (exact) mass is 377 g/mol. The number of likely N-dealkylation sites (N-methyl/N-ethyl adjacent to an activating group) is 1. The van der Waals surface area contributed by atoms with E-state index in [1.165, 1.54) is 12.8 Å². The third-order valence-corrected chi connectivity index (χ3v) is 5.25. The van der Waals surface area contributed by atoms with E-state index >= 15 is 0 Å². The summed E-state index contributed by atoms with van der Waals surface area (Å²) in [6, 6.07) is 5.08. The molecule has 2 unspecified atom stereocenters. The Hall–Kier alpha value is -1.63. The van der Waals surface area contributed by atoms with Gasteiger partial charge >= 0.3 is 0 Å². The second-order valence-corrected chi connectivity index (χ2v) is 7.86. The Morgan fingerprint density at radius 2 is 2.07 bits per heavy atom. The number of benzene rings is 1. The van der Waals surface area contributed by atoms with Gasteiger partial charge in [-0.1, -0.05) is 26.3 Å². The number of ether oxygens (including phenoxy) is 1. The molecule has 1 aliphatic rings. The average molecular weight is 378 g/mol. The first-order chi connectivity index (χ1) is 12.8. The van der Waals surface area contributed by atoms with Gasteiger partial charge in [-0.25, -0.2) is 0 Å². The fourth-order valence-corrected chi connectivity index (χ4v) is 3.42. The highest BCUT2D eigenvalue weighted by atomic mass is 16.5. The molecule has 1 aromatic rings. The zero-order valence-corrected chi connectivity index (χ0v) is 17.1. The van der Waals surface area contributed by atoms with E-state index < -0.39 is 17.7 Å². The van der Waals surface area contributed by atoms with E-state index in [4.69, 9.17) is 10.5 Å². The summed E-state index contributed by atoms with van der Waals surface area (Å²) in [6.45, 7) is 11.6. The lowest BCUT2D eigenvalue weighted by Crippen LogP contribution is -2.51. The number of carbonyl (C=O) groups is 1. The molecular weight excluding hydrogens is 342 g/mol. The summed E-state index contributed by atoms with van der Waals surface area (Å²) in [5.74, 6) is 0.671. The van der Waals surface area contributed by atoms with E-state index in [1.807, 2.05) is 32.0 Å². The number of nitrogens with one attached hydrogen (secondary N) is 1. The van der Waals surface area contributed by atoms with E-state index in [0.29, 0.717) is 18.7 Å². The summed E-state index contributed by atoms with van der Waals surface area (Å²) < 4.78 is 5.86. The van der Waals surface area contributed by atoms with Crippen molar-refractivity contribution in [3.63, 3.8) is 0 Å². The highest BCUT2D eigenvalue weighted by Crippen LogP contribution is 2.38. The lowest BCUT2D eigenvalue weighted by molar-refractivity contribution is -0.120. The van der Waals surface area contributed by atoms with E-state index in [-0.39, 0.29) is 5.91 Å². The van der Waals surface area contributed by atoms with Crippen molar-refractivity contribution in [1.29, 1.82) is 0 Å². The van der Waals surface area contributed by atoms with E-state index in [1.54, 1.807) is 0 Å². The minimum absolute atomic E-state index is 0.00679. The van der Waals surface area contributed by atoms with Crippen molar-refractivity contribution in [2.24, 2.45) is 5.73 Å². The minimum Gasteiger partial charge on any atom is -0.485 e. The van der Waals surface area contributed by atoms with Gasteiger partial charge in [0.15, 0.2) is 0 Å². The molecule has 0 fully saturated rings. The Morgan fingerprint density at radius 1 is 1.33 bits per heavy atom. The molecule has 6 nitrogen and oxygen atoms in total. The number of aliphatic hydroxyl groups excluding tert-OH is 1. The van der Waals surface area contributed by atoms with Gasteiger partial charge in [-0.3, -0.25) is 4.79 Å². The van der Waals surface area contributed by atoms with Crippen LogP contribution in [-0.4, -0.2) is 53.8 Å². The third kappa shape index (κ3) is 5.67. The topological polar surface area (TPSA) is 87.8 Å². The molecule has 2 rings (SSSR count). The summed E-state index contributed by atoms with van der Waals surface area (Å²) in [7, 11) is 0. The molecule has 0 saturated carbocycles. The minimum atomic E-state index is -0.794. The fraction of sp³-hybridized carbons (Fsp3) is 0.667. The zero-order valence-electron chi connectivity index (χ0n) is 17.1. The normalized spacial score (nSPS) is 20.9. The highest BCUT2D eigenvalue weighted by Gasteiger charge is 2.41. The van der Waals surface area contributed by atoms with Crippen LogP contribution in [0.4, 0.5) is 0 Å². The molecule has 0 radical (unpaired) electrons. The maximum absolute atomic E-state index is 12.3. The molecule has 0 aliphatic carbocycles. The van der Waals surface area contributed by atoms with Crippen LogP contribution in [-0.2, 0) is 11.2 Å². The van der Waals surface area contributed by atoms with Crippen LogP contribution in [0.3, 0.4) is 0 Å². The van der Waals surface area contributed by atoms with Gasteiger partial charge in [-0.05, 0) is 51.1 Å². The maximum Gasteiger partial charge on any atom is 0.224 e. The van der Waals surface area contributed by atoms with Crippen molar-refractivity contribution >= 4 is 5.91 Å². The average Bonchev–Trinajstić information content (AvgIpc) is 2.63. The molecule has 0 spiro atoms. The lowest BCUT2D eigenvalue weighted by atomic mass is 9.86. The van der Waals surface area contributed by atoms with Crippen LogP contribution < -0.4 is 15.8 Å². The summed E-state index contributed by atoms with van der Waals surface area (Å²) in [5.41, 5.74) is 7.09. The number of rotatable bonds is 9. The van der Waals surface area contributed by atoms with Crippen molar-refractivity contribution in [2.75, 3.05) is 26.2 Å². The fourth-order valence-electron chi connectivity index (χ4n) is 3.42. The van der Waals surface area contributed by atoms with Gasteiger partial charge in [0.05, 0.1) is 12.5 Å². The third-order valence-electron chi connectivity index (χ3n) is 5.25. The molecule has 4 N–H and O–H groups in total. The Bertz CT molecular complexity index is 633. The van der Waals surface area contributed by atoms with Crippen molar-refractivity contribution in [1.82, 2.24) is 10.2 Å². The highest BCUT2D eigenvalue weighted by molar-refractivity contribution is 5.78. The van der Waals surface area contributed by atoms with Gasteiger partial charge in [0.2, 0.25) is 5.91 Å². The Morgan fingerprint density at radius 3 is 2.74 bits per heavy atom. The largest absolute Gasteiger partial charge is 0.485 e. The number of carbonyl (C=O) groups excluding carboxylic acids is 1. The van der Waals surface area contributed by atoms with Crippen molar-refractivity contribution in [3.05, 3.63) is 29.3 Å². The van der Waals surface area contributed by atoms with Crippen LogP contribution in [0.15, 0.2) is 18.2 Å². The van der Waals surface area contributed by atoms with Crippen LogP contribution >= 0.6 is 0 Å². The van der Waals surface area contributed by atoms with Crippen LogP contribution in [0, 0.1) is 0 Å². The van der Waals surface area contributed by atoms with Crippen LogP contribution in [0.2, 0.25) is 0 Å². The number of unbranched alkanes of at least 4 members (excludes halogenated alkanes) is 1. The number of hydrogen-bond acceptors (Lipinski definition) is 5. The van der Waals surface area contributed by atoms with Gasteiger partial charge in [0.25, 0.3) is 0 Å². The number of nitrogens with two attached hydrogens (primary N) is 1. The van der Waals surface area contributed by atoms with Crippen molar-refractivity contribution in [3.8, 4) is 5.75 Å². The van der Waals surface area contributed by atoms with Crippen LogP contribution in [0.5, 0.6) is 5.75 Å². The molecule has 152 valence electrons. The van der Waals surface area contributed by atoms with Gasteiger partial charge in [0.1, 0.15) is 17.5 Å². The predicted octanol–water partition coefficient (Wildman–Crippen LogP) is 2.00. The first-order valence-electron chi connectivity index (χ1n) is 10.0. The molecule has 6 heteroatoms. The summed E-state index contributed by atoms with van der Waals surface area (Å²) in [6.07, 6.45) is 1.86. The Balaban J connectivity index is 1.90. The summed E-state index contributed by atoms with van der Waals surface area (Å²) in [5, 5.41) is 13.3. The second-order valence-electron chi connectivity index (χ2n) is 7.86. The van der Waals surface area contributed by atoms with Crippen molar-refractivity contribution in [2.45, 2.75) is 64.7 Å². The van der Waals surface area contributed by atoms with E-state index in [2.05, 4.69) is 24.1 Å². The van der Waals surface area contributed by atoms with Crippen LogP contribution in [0.1, 0.15) is 57.7 Å². The first kappa shape index (κ1) is 21.7. The summed E-state index contributed by atoms with van der Waals surface area (Å²) in [4.78, 5) is 14.6. The molecule has 1 aliphatic heterocycles. The number of hydrogen-bond donors (Lipinski definition) is 3. The maximum atomic E-state index is 12.3. The molecule has 27 heavy (non-hydrogen) atoms. The van der Waals surface area contributed by atoms with Gasteiger partial charge < -0.3 is 25.8 Å².